The molecule has 118 valence electrons. The molecule has 0 bridgehead atoms. The van der Waals surface area contributed by atoms with Gasteiger partial charge in [-0.3, -0.25) is 0 Å². The summed E-state index contributed by atoms with van der Waals surface area (Å²) in [6, 6.07) is 0. The second-order valence-electron chi connectivity index (χ2n) is 6.90. The van der Waals surface area contributed by atoms with E-state index in [1.807, 2.05) is 11.3 Å². The van der Waals surface area contributed by atoms with Crippen LogP contribution in [0.15, 0.2) is 0 Å². The average Bonchev–Trinajstić information content (AvgIpc) is 3.08. The van der Waals surface area contributed by atoms with Crippen LogP contribution in [0.1, 0.15) is 61.0 Å². The van der Waals surface area contributed by atoms with Crippen molar-refractivity contribution < 1.29 is 4.74 Å². The standard InChI is InChI=1S/C17H28N2OS/c1-12(2)10-18-11-13-5-3-7-15-17(13)19-16(21-15)9-14-6-4-8-20-14/h12-14,18H,3-11H2,1-2H3. The summed E-state index contributed by atoms with van der Waals surface area (Å²) in [4.78, 5) is 6.54. The van der Waals surface area contributed by atoms with Gasteiger partial charge in [0, 0.05) is 30.4 Å². The minimum atomic E-state index is 0.426. The van der Waals surface area contributed by atoms with E-state index in [4.69, 9.17) is 9.72 Å². The maximum Gasteiger partial charge on any atom is 0.0957 e. The Labute approximate surface area is 132 Å². The zero-order chi connectivity index (χ0) is 14.7. The molecule has 2 aliphatic rings. The smallest absolute Gasteiger partial charge is 0.0957 e. The lowest BCUT2D eigenvalue weighted by molar-refractivity contribution is 0.111. The summed E-state index contributed by atoms with van der Waals surface area (Å²) in [7, 11) is 0. The molecule has 0 aromatic carbocycles. The second-order valence-corrected chi connectivity index (χ2v) is 8.06. The summed E-state index contributed by atoms with van der Waals surface area (Å²) in [6.07, 6.45) is 7.74. The van der Waals surface area contributed by atoms with Crippen molar-refractivity contribution in [1.82, 2.24) is 10.3 Å². The van der Waals surface area contributed by atoms with Gasteiger partial charge in [-0.25, -0.2) is 4.98 Å². The molecule has 4 heteroatoms. The fraction of sp³-hybridized carbons (Fsp3) is 0.824. The molecule has 1 fully saturated rings. The van der Waals surface area contributed by atoms with E-state index in [-0.39, 0.29) is 0 Å². The highest BCUT2D eigenvalue weighted by Crippen LogP contribution is 2.35. The van der Waals surface area contributed by atoms with E-state index < -0.39 is 0 Å². The predicted molar refractivity (Wildman–Crippen MR) is 88.2 cm³/mol. The largest absolute Gasteiger partial charge is 0.378 e. The van der Waals surface area contributed by atoms with E-state index in [1.165, 1.54) is 42.8 Å². The monoisotopic (exact) mass is 308 g/mol. The fourth-order valence-corrected chi connectivity index (χ4v) is 4.65. The van der Waals surface area contributed by atoms with Crippen molar-refractivity contribution in [2.24, 2.45) is 5.92 Å². The number of aryl methyl sites for hydroxylation is 1. The van der Waals surface area contributed by atoms with Gasteiger partial charge in [0.2, 0.25) is 0 Å². The lowest BCUT2D eigenvalue weighted by Crippen LogP contribution is -2.27. The molecule has 3 rings (SSSR count). The Balaban J connectivity index is 1.61. The van der Waals surface area contributed by atoms with Crippen molar-refractivity contribution in [3.63, 3.8) is 0 Å². The van der Waals surface area contributed by atoms with E-state index >= 15 is 0 Å². The first-order valence-electron chi connectivity index (χ1n) is 8.53. The first-order chi connectivity index (χ1) is 10.2. The quantitative estimate of drug-likeness (QED) is 0.873. The molecule has 0 amide bonds. The number of hydrogen-bond acceptors (Lipinski definition) is 4. The Kier molecular flexibility index (Phi) is 5.30. The molecule has 1 aromatic rings. The molecular weight excluding hydrogens is 280 g/mol. The molecule has 0 spiro atoms. The Morgan fingerprint density at radius 3 is 3.00 bits per heavy atom. The van der Waals surface area contributed by atoms with Crippen LogP contribution in [-0.4, -0.2) is 30.8 Å². The van der Waals surface area contributed by atoms with Crippen LogP contribution in [0.25, 0.3) is 0 Å². The Morgan fingerprint density at radius 2 is 2.24 bits per heavy atom. The molecule has 0 saturated carbocycles. The van der Waals surface area contributed by atoms with Gasteiger partial charge in [-0.15, -0.1) is 11.3 Å². The number of hydrogen-bond donors (Lipinski definition) is 1. The molecule has 1 aliphatic heterocycles. The van der Waals surface area contributed by atoms with Gasteiger partial charge in [0.1, 0.15) is 0 Å². The minimum Gasteiger partial charge on any atom is -0.378 e. The average molecular weight is 308 g/mol. The highest BCUT2D eigenvalue weighted by atomic mass is 32.1. The van der Waals surface area contributed by atoms with Crippen LogP contribution in [0.4, 0.5) is 0 Å². The number of nitrogens with zero attached hydrogens (tertiary/aromatic N) is 1. The lowest BCUT2D eigenvalue weighted by Gasteiger charge is -2.22. The minimum absolute atomic E-state index is 0.426. The molecule has 3 nitrogen and oxygen atoms in total. The van der Waals surface area contributed by atoms with Crippen molar-refractivity contribution in [2.75, 3.05) is 19.7 Å². The van der Waals surface area contributed by atoms with Gasteiger partial charge in [-0.2, -0.15) is 0 Å². The number of ether oxygens (including phenoxy) is 1. The third kappa shape index (κ3) is 4.05. The SMILES string of the molecule is CC(C)CNCC1CCCc2sc(CC3CCCO3)nc21. The maximum atomic E-state index is 5.76. The Bertz CT molecular complexity index is 452. The van der Waals surface area contributed by atoms with Gasteiger partial charge in [0.25, 0.3) is 0 Å². The normalized spacial score (nSPS) is 25.5. The third-order valence-electron chi connectivity index (χ3n) is 4.48. The van der Waals surface area contributed by atoms with Crippen LogP contribution < -0.4 is 5.32 Å². The topological polar surface area (TPSA) is 34.1 Å². The second kappa shape index (κ2) is 7.21. The highest BCUT2D eigenvalue weighted by molar-refractivity contribution is 7.11. The zero-order valence-electron chi connectivity index (χ0n) is 13.4. The van der Waals surface area contributed by atoms with E-state index in [0.717, 1.165) is 32.0 Å². The fourth-order valence-electron chi connectivity index (χ4n) is 3.39. The molecule has 21 heavy (non-hydrogen) atoms. The third-order valence-corrected chi connectivity index (χ3v) is 5.64. The van der Waals surface area contributed by atoms with Gasteiger partial charge in [0.15, 0.2) is 0 Å². The number of thiazole rings is 1. The maximum absolute atomic E-state index is 5.76. The predicted octanol–water partition coefficient (Wildman–Crippen LogP) is 3.53. The molecule has 1 aromatic heterocycles. The number of fused-ring (bicyclic) bond motifs is 1. The molecule has 2 heterocycles. The van der Waals surface area contributed by atoms with E-state index in [1.54, 1.807) is 4.88 Å². The van der Waals surface area contributed by atoms with Crippen molar-refractivity contribution >= 4 is 11.3 Å². The summed E-state index contributed by atoms with van der Waals surface area (Å²) in [5.74, 6) is 1.35. The molecule has 1 aliphatic carbocycles. The van der Waals surface area contributed by atoms with Gasteiger partial charge in [0.05, 0.1) is 16.8 Å². The highest BCUT2D eigenvalue weighted by Gasteiger charge is 2.26. The van der Waals surface area contributed by atoms with Gasteiger partial charge >= 0.3 is 0 Å². The number of rotatable bonds is 6. The Morgan fingerprint density at radius 1 is 1.33 bits per heavy atom. The molecule has 2 atom stereocenters. The summed E-state index contributed by atoms with van der Waals surface area (Å²) in [5.41, 5.74) is 1.40. The van der Waals surface area contributed by atoms with Crippen LogP contribution in [0.2, 0.25) is 0 Å². The molecule has 0 radical (unpaired) electrons. The summed E-state index contributed by atoms with van der Waals surface area (Å²) in [6.45, 7) is 7.67. The van der Waals surface area contributed by atoms with Crippen molar-refractivity contribution in [2.45, 2.75) is 64.4 Å². The number of nitrogens with one attached hydrogen (secondary N) is 1. The van der Waals surface area contributed by atoms with Crippen molar-refractivity contribution in [3.05, 3.63) is 15.6 Å². The first kappa shape index (κ1) is 15.4. The molecular formula is C17H28N2OS. The lowest BCUT2D eigenvalue weighted by atomic mass is 9.91. The molecule has 1 N–H and O–H groups in total. The van der Waals surface area contributed by atoms with Gasteiger partial charge in [-0.05, 0) is 44.6 Å². The molecule has 2 unspecified atom stereocenters. The van der Waals surface area contributed by atoms with Crippen LogP contribution in [0.3, 0.4) is 0 Å². The zero-order valence-corrected chi connectivity index (χ0v) is 14.2. The number of aromatic nitrogens is 1. The summed E-state index contributed by atoms with van der Waals surface area (Å²) >= 11 is 1.95. The first-order valence-corrected chi connectivity index (χ1v) is 9.35. The summed E-state index contributed by atoms with van der Waals surface area (Å²) < 4.78 is 5.76. The van der Waals surface area contributed by atoms with Crippen molar-refractivity contribution in [3.8, 4) is 0 Å². The van der Waals surface area contributed by atoms with Gasteiger partial charge in [-0.1, -0.05) is 13.8 Å². The van der Waals surface area contributed by atoms with E-state index in [2.05, 4.69) is 19.2 Å². The van der Waals surface area contributed by atoms with Crippen LogP contribution in [-0.2, 0) is 17.6 Å². The van der Waals surface area contributed by atoms with E-state index in [9.17, 15) is 0 Å². The van der Waals surface area contributed by atoms with Gasteiger partial charge < -0.3 is 10.1 Å². The van der Waals surface area contributed by atoms with E-state index in [0.29, 0.717) is 12.0 Å². The Hall–Kier alpha value is -0.450. The molecule has 1 saturated heterocycles. The van der Waals surface area contributed by atoms with Crippen LogP contribution >= 0.6 is 11.3 Å². The summed E-state index contributed by atoms with van der Waals surface area (Å²) in [5, 5.41) is 4.93. The van der Waals surface area contributed by atoms with Crippen LogP contribution in [0.5, 0.6) is 0 Å². The van der Waals surface area contributed by atoms with Crippen LogP contribution in [0, 0.1) is 5.92 Å². The van der Waals surface area contributed by atoms with Crippen molar-refractivity contribution in [1.29, 1.82) is 0 Å².